The number of nitrogens with zero attached hydrogens (tertiary/aromatic N) is 2. The van der Waals surface area contributed by atoms with Crippen LogP contribution in [0.25, 0.3) is 0 Å². The molecule has 1 fully saturated rings. The highest BCUT2D eigenvalue weighted by Crippen LogP contribution is 2.24. The van der Waals surface area contributed by atoms with Gasteiger partial charge in [0, 0.05) is 13.0 Å². The molecule has 2 heterocycles. The summed E-state index contributed by atoms with van der Waals surface area (Å²) >= 11 is 0. The van der Waals surface area contributed by atoms with E-state index in [0.29, 0.717) is 0 Å². The third-order valence-electron chi connectivity index (χ3n) is 2.64. The lowest BCUT2D eigenvalue weighted by atomic mass is 10.1. The molecule has 8 nitrogen and oxygen atoms in total. The number of nitrogens with two attached hydrogens (primary N) is 1. The lowest BCUT2D eigenvalue weighted by molar-refractivity contribution is -0.123. The molecule has 0 spiro atoms. The first-order valence-corrected chi connectivity index (χ1v) is 5.16. The van der Waals surface area contributed by atoms with Crippen LogP contribution in [0.15, 0.2) is 10.6 Å². The van der Waals surface area contributed by atoms with Crippen LogP contribution in [0.2, 0.25) is 0 Å². The summed E-state index contributed by atoms with van der Waals surface area (Å²) in [6, 6.07) is -0.0378. The van der Waals surface area contributed by atoms with Gasteiger partial charge in [0.1, 0.15) is 0 Å². The number of carbonyl (C=O) groups is 3. The van der Waals surface area contributed by atoms with Crippen molar-refractivity contribution in [2.75, 3.05) is 18.6 Å². The van der Waals surface area contributed by atoms with Gasteiger partial charge in [-0.1, -0.05) is 0 Å². The van der Waals surface area contributed by atoms with E-state index in [-0.39, 0.29) is 30.6 Å². The van der Waals surface area contributed by atoms with Crippen LogP contribution in [0.5, 0.6) is 0 Å². The molecule has 1 aromatic rings. The summed E-state index contributed by atoms with van der Waals surface area (Å²) < 4.78 is 9.53. The van der Waals surface area contributed by atoms with E-state index in [1.807, 2.05) is 0 Å². The van der Waals surface area contributed by atoms with E-state index in [1.165, 1.54) is 12.0 Å². The lowest BCUT2D eigenvalue weighted by Crippen LogP contribution is -2.28. The van der Waals surface area contributed by atoms with Crippen LogP contribution in [0.3, 0.4) is 0 Å². The summed E-state index contributed by atoms with van der Waals surface area (Å²) in [4.78, 5) is 38.8. The Labute approximate surface area is 102 Å². The third kappa shape index (κ3) is 2.04. The topological polar surface area (TPSA) is 116 Å². The van der Waals surface area contributed by atoms with E-state index >= 15 is 0 Å². The van der Waals surface area contributed by atoms with Gasteiger partial charge in [-0.15, -0.1) is 0 Å². The van der Waals surface area contributed by atoms with E-state index in [9.17, 15) is 14.4 Å². The minimum absolute atomic E-state index is 0.0191. The molecule has 1 aromatic heterocycles. The van der Waals surface area contributed by atoms with E-state index in [0.717, 1.165) is 6.20 Å². The minimum Gasteiger partial charge on any atom is -0.463 e. The molecular formula is C10H11N3O5. The van der Waals surface area contributed by atoms with Crippen molar-refractivity contribution in [3.63, 3.8) is 0 Å². The van der Waals surface area contributed by atoms with Crippen molar-refractivity contribution in [1.29, 1.82) is 0 Å². The Bertz CT molecular complexity index is 509. The number of hydrogen-bond donors (Lipinski definition) is 1. The molecule has 1 atom stereocenters. The summed E-state index contributed by atoms with van der Waals surface area (Å²) in [6.45, 7) is 0.106. The van der Waals surface area contributed by atoms with Gasteiger partial charge in [0.2, 0.25) is 17.6 Å². The minimum atomic E-state index is -0.688. The smallest absolute Gasteiger partial charge is 0.375 e. The van der Waals surface area contributed by atoms with Crippen LogP contribution >= 0.6 is 0 Å². The maximum absolute atomic E-state index is 11.6. The zero-order chi connectivity index (χ0) is 13.3. The summed E-state index contributed by atoms with van der Waals surface area (Å²) in [5, 5.41) is 0. The molecule has 1 aliphatic rings. The summed E-state index contributed by atoms with van der Waals surface area (Å²) in [6.07, 6.45) is 1.18. The average Bonchev–Trinajstić information content (AvgIpc) is 2.94. The predicted octanol–water partition coefficient (Wildman–Crippen LogP) is -0.701. The fourth-order valence-electron chi connectivity index (χ4n) is 1.67. The number of rotatable bonds is 3. The van der Waals surface area contributed by atoms with Gasteiger partial charge in [-0.05, 0) is 0 Å². The third-order valence-corrected chi connectivity index (χ3v) is 2.64. The number of methoxy groups -OCH3 is 1. The quantitative estimate of drug-likeness (QED) is 0.712. The molecular weight excluding hydrogens is 242 g/mol. The highest BCUT2D eigenvalue weighted by Gasteiger charge is 2.36. The molecule has 0 radical (unpaired) electrons. The molecule has 2 N–H and O–H groups in total. The average molecular weight is 253 g/mol. The Morgan fingerprint density at radius 2 is 2.33 bits per heavy atom. The van der Waals surface area contributed by atoms with Crippen molar-refractivity contribution in [1.82, 2.24) is 4.98 Å². The SMILES string of the molecule is COC(=O)c1cnc(N2CC(C(N)=O)CC2=O)o1. The number of carbonyl (C=O) groups excluding carboxylic acids is 3. The number of ether oxygens (including phenoxy) is 1. The number of esters is 1. The summed E-state index contributed by atoms with van der Waals surface area (Å²) in [7, 11) is 1.20. The van der Waals surface area contributed by atoms with Crippen LogP contribution in [-0.2, 0) is 14.3 Å². The normalized spacial score (nSPS) is 19.1. The Balaban J connectivity index is 2.17. The fourth-order valence-corrected chi connectivity index (χ4v) is 1.67. The van der Waals surface area contributed by atoms with Gasteiger partial charge in [0.05, 0.1) is 19.2 Å². The highest BCUT2D eigenvalue weighted by atomic mass is 16.5. The van der Waals surface area contributed by atoms with Crippen LogP contribution in [0, 0.1) is 5.92 Å². The van der Waals surface area contributed by atoms with E-state index in [2.05, 4.69) is 9.72 Å². The molecule has 1 unspecified atom stereocenters. The summed E-state index contributed by atoms with van der Waals surface area (Å²) in [5.41, 5.74) is 5.13. The molecule has 1 aliphatic heterocycles. The number of hydrogen-bond acceptors (Lipinski definition) is 6. The Morgan fingerprint density at radius 1 is 1.61 bits per heavy atom. The second-order valence-corrected chi connectivity index (χ2v) is 3.81. The zero-order valence-electron chi connectivity index (χ0n) is 9.58. The lowest BCUT2D eigenvalue weighted by Gasteiger charge is -2.10. The van der Waals surface area contributed by atoms with E-state index in [1.54, 1.807) is 0 Å². The van der Waals surface area contributed by atoms with Crippen LogP contribution in [0.4, 0.5) is 6.01 Å². The van der Waals surface area contributed by atoms with Gasteiger partial charge in [0.25, 0.3) is 0 Å². The maximum atomic E-state index is 11.6. The van der Waals surface area contributed by atoms with Crippen LogP contribution in [0.1, 0.15) is 17.0 Å². The molecule has 0 saturated carbocycles. The first kappa shape index (κ1) is 12.1. The Kier molecular flexibility index (Phi) is 3.00. The first-order valence-electron chi connectivity index (χ1n) is 5.16. The molecule has 18 heavy (non-hydrogen) atoms. The van der Waals surface area contributed by atoms with Crippen molar-refractivity contribution in [3.05, 3.63) is 12.0 Å². The van der Waals surface area contributed by atoms with Crippen LogP contribution < -0.4 is 10.6 Å². The molecule has 0 aromatic carbocycles. The van der Waals surface area contributed by atoms with Gasteiger partial charge >= 0.3 is 12.0 Å². The largest absolute Gasteiger partial charge is 0.463 e. The summed E-state index contributed by atoms with van der Waals surface area (Å²) in [5.74, 6) is -2.23. The fraction of sp³-hybridized carbons (Fsp3) is 0.400. The zero-order valence-corrected chi connectivity index (χ0v) is 9.58. The Morgan fingerprint density at radius 3 is 2.89 bits per heavy atom. The van der Waals surface area contributed by atoms with Gasteiger partial charge in [0.15, 0.2) is 0 Å². The monoisotopic (exact) mass is 253 g/mol. The number of amides is 2. The molecule has 1 saturated heterocycles. The second-order valence-electron chi connectivity index (χ2n) is 3.81. The molecule has 0 aliphatic carbocycles. The van der Waals surface area contributed by atoms with Crippen LogP contribution in [-0.4, -0.2) is 36.4 Å². The van der Waals surface area contributed by atoms with Crippen molar-refractivity contribution >= 4 is 23.8 Å². The maximum Gasteiger partial charge on any atom is 0.375 e. The van der Waals surface area contributed by atoms with E-state index in [4.69, 9.17) is 10.2 Å². The molecule has 0 bridgehead atoms. The number of anilines is 1. The standard InChI is InChI=1S/C10H11N3O5/c1-17-9(16)6-3-12-10(18-6)13-4-5(8(11)15)2-7(13)14/h3,5H,2,4H2,1H3,(H2,11,15). The predicted molar refractivity (Wildman–Crippen MR) is 57.5 cm³/mol. The molecule has 96 valence electrons. The number of aromatic nitrogens is 1. The first-order chi connectivity index (χ1) is 8.52. The number of oxazole rings is 1. The van der Waals surface area contributed by atoms with E-state index < -0.39 is 17.8 Å². The van der Waals surface area contributed by atoms with Crippen molar-refractivity contribution in [2.24, 2.45) is 11.7 Å². The van der Waals surface area contributed by atoms with Gasteiger partial charge < -0.3 is 14.9 Å². The second kappa shape index (κ2) is 4.47. The molecule has 8 heteroatoms. The molecule has 2 rings (SSSR count). The van der Waals surface area contributed by atoms with Gasteiger partial charge in [-0.2, -0.15) is 0 Å². The van der Waals surface area contributed by atoms with Crippen molar-refractivity contribution in [3.8, 4) is 0 Å². The van der Waals surface area contributed by atoms with Gasteiger partial charge in [-0.3, -0.25) is 14.5 Å². The highest BCUT2D eigenvalue weighted by molar-refractivity contribution is 5.98. The molecule has 2 amide bonds. The Hall–Kier alpha value is -2.38. The number of primary amides is 1. The van der Waals surface area contributed by atoms with Crippen molar-refractivity contribution in [2.45, 2.75) is 6.42 Å². The van der Waals surface area contributed by atoms with Gasteiger partial charge in [-0.25, -0.2) is 9.78 Å². The van der Waals surface area contributed by atoms with Crippen molar-refractivity contribution < 1.29 is 23.5 Å².